The highest BCUT2D eigenvalue weighted by molar-refractivity contribution is 6.59. The van der Waals surface area contributed by atoms with E-state index in [1.807, 2.05) is 0 Å². The van der Waals surface area contributed by atoms with Crippen LogP contribution >= 0.6 is 11.6 Å². The number of nitrogen functional groups attached to an aromatic ring is 1. The number of halogens is 1. The lowest BCUT2D eigenvalue weighted by molar-refractivity contribution is 0.426. The largest absolute Gasteiger partial charge is 0.488 e. The van der Waals surface area contributed by atoms with Crippen molar-refractivity contribution in [1.29, 1.82) is 0 Å². The molecule has 0 bridgehead atoms. The first-order valence-corrected chi connectivity index (χ1v) is 6.20. The molecule has 0 aliphatic rings. The first-order valence-electron chi connectivity index (χ1n) is 5.82. The smallest absolute Gasteiger partial charge is 0.423 e. The van der Waals surface area contributed by atoms with Crippen molar-refractivity contribution in [3.8, 4) is 11.3 Å². The maximum absolute atomic E-state index is 9.11. The van der Waals surface area contributed by atoms with E-state index < -0.39 is 7.12 Å². The van der Waals surface area contributed by atoms with Gasteiger partial charge in [0, 0.05) is 22.8 Å². The molecule has 3 aromatic rings. The Hall–Kier alpha value is -2.09. The maximum Gasteiger partial charge on any atom is 0.488 e. The topological polar surface area (TPSA) is 96.7 Å². The minimum absolute atomic E-state index is 0.320. The van der Waals surface area contributed by atoms with Gasteiger partial charge in [-0.1, -0.05) is 23.7 Å². The molecule has 3 rings (SSSR count). The zero-order chi connectivity index (χ0) is 14.3. The van der Waals surface area contributed by atoms with Crippen LogP contribution in [0.15, 0.2) is 36.5 Å². The lowest BCUT2D eigenvalue weighted by atomic mass is 9.80. The summed E-state index contributed by atoms with van der Waals surface area (Å²) in [5.74, 6) is 0.472. The maximum atomic E-state index is 9.11. The van der Waals surface area contributed by atoms with Gasteiger partial charge in [-0.15, -0.1) is 0 Å². The molecule has 0 fully saturated rings. The molecule has 0 amide bonds. The molecule has 0 spiro atoms. The summed E-state index contributed by atoms with van der Waals surface area (Å²) in [7, 11) is -1.56. The molecule has 0 saturated heterocycles. The van der Waals surface area contributed by atoms with E-state index in [1.54, 1.807) is 30.5 Å². The number of hydrogen-bond acceptors (Lipinski definition) is 5. The molecule has 0 unspecified atom stereocenters. The number of nitrogens with zero attached hydrogens (tertiary/aromatic N) is 3. The molecule has 0 aliphatic heterocycles. The van der Waals surface area contributed by atoms with Gasteiger partial charge in [0.1, 0.15) is 5.82 Å². The Balaban J connectivity index is 2.13. The molecule has 6 nitrogen and oxygen atoms in total. The SMILES string of the molecule is Nc1ccnc2cc(-c3ccc(B(O)O)cc3Cl)nn12. The second kappa shape index (κ2) is 4.79. The standard InChI is InChI=1S/C12H10BClN4O2/c14-9-5-7(13(19)20)1-2-8(9)10-6-12-16-4-3-11(15)18(12)17-10/h1-6,19-20H,15H2. The molecular weight excluding hydrogens is 278 g/mol. The van der Waals surface area contributed by atoms with Crippen LogP contribution in [0.5, 0.6) is 0 Å². The Morgan fingerprint density at radius 1 is 1.20 bits per heavy atom. The molecule has 0 atom stereocenters. The fourth-order valence-electron chi connectivity index (χ4n) is 1.95. The lowest BCUT2D eigenvalue weighted by Gasteiger charge is -2.04. The predicted molar refractivity (Wildman–Crippen MR) is 77.7 cm³/mol. The van der Waals surface area contributed by atoms with Gasteiger partial charge < -0.3 is 15.8 Å². The Labute approximate surface area is 119 Å². The highest BCUT2D eigenvalue weighted by Crippen LogP contribution is 2.26. The summed E-state index contributed by atoms with van der Waals surface area (Å²) in [4.78, 5) is 4.16. The van der Waals surface area contributed by atoms with Crippen molar-refractivity contribution in [2.24, 2.45) is 0 Å². The molecular formula is C12H10BClN4O2. The van der Waals surface area contributed by atoms with Crippen molar-refractivity contribution in [3.05, 3.63) is 41.6 Å². The van der Waals surface area contributed by atoms with Crippen LogP contribution in [0, 0.1) is 0 Å². The van der Waals surface area contributed by atoms with Gasteiger partial charge in [0.05, 0.1) is 5.69 Å². The van der Waals surface area contributed by atoms with Gasteiger partial charge in [0.15, 0.2) is 5.65 Å². The summed E-state index contributed by atoms with van der Waals surface area (Å²) in [6.45, 7) is 0. The molecule has 100 valence electrons. The third-order valence-corrected chi connectivity index (χ3v) is 3.27. The second-order valence-corrected chi connectivity index (χ2v) is 4.69. The number of rotatable bonds is 2. The Morgan fingerprint density at radius 2 is 2.00 bits per heavy atom. The van der Waals surface area contributed by atoms with Gasteiger partial charge in [-0.05, 0) is 17.6 Å². The van der Waals surface area contributed by atoms with Crippen LogP contribution in [-0.4, -0.2) is 31.8 Å². The molecule has 0 aliphatic carbocycles. The third-order valence-electron chi connectivity index (χ3n) is 2.95. The molecule has 0 radical (unpaired) electrons. The molecule has 1 aromatic carbocycles. The van der Waals surface area contributed by atoms with Crippen LogP contribution in [0.1, 0.15) is 0 Å². The van der Waals surface area contributed by atoms with Crippen molar-refractivity contribution in [3.63, 3.8) is 0 Å². The minimum Gasteiger partial charge on any atom is -0.423 e. The van der Waals surface area contributed by atoms with Gasteiger partial charge in [-0.2, -0.15) is 9.61 Å². The van der Waals surface area contributed by atoms with Gasteiger partial charge in [-0.25, -0.2) is 4.98 Å². The highest BCUT2D eigenvalue weighted by atomic mass is 35.5. The lowest BCUT2D eigenvalue weighted by Crippen LogP contribution is -2.29. The van der Waals surface area contributed by atoms with Crippen LogP contribution in [0.25, 0.3) is 16.9 Å². The summed E-state index contributed by atoms with van der Waals surface area (Å²) in [5, 5.41) is 22.9. The average molecular weight is 289 g/mol. The van der Waals surface area contributed by atoms with E-state index in [4.69, 9.17) is 27.4 Å². The van der Waals surface area contributed by atoms with E-state index in [1.165, 1.54) is 10.6 Å². The van der Waals surface area contributed by atoms with Crippen LogP contribution in [0.4, 0.5) is 5.82 Å². The Morgan fingerprint density at radius 3 is 2.65 bits per heavy atom. The quantitative estimate of drug-likeness (QED) is 0.590. The summed E-state index contributed by atoms with van der Waals surface area (Å²) >= 11 is 6.15. The molecule has 0 saturated carbocycles. The molecule has 8 heteroatoms. The molecule has 2 aromatic heterocycles. The summed E-state index contributed by atoms with van der Waals surface area (Å²) in [6.07, 6.45) is 1.60. The van der Waals surface area contributed by atoms with Gasteiger partial charge in [0.25, 0.3) is 0 Å². The summed E-state index contributed by atoms with van der Waals surface area (Å²) in [6, 6.07) is 8.15. The monoisotopic (exact) mass is 288 g/mol. The first kappa shape index (κ1) is 12.9. The fourth-order valence-corrected chi connectivity index (χ4v) is 2.23. The predicted octanol–water partition coefficient (Wildman–Crippen LogP) is 0.312. The molecule has 2 heterocycles. The zero-order valence-corrected chi connectivity index (χ0v) is 11.0. The van der Waals surface area contributed by atoms with Crippen LogP contribution < -0.4 is 11.2 Å². The normalized spacial score (nSPS) is 10.9. The number of anilines is 1. The number of aromatic nitrogens is 3. The van der Waals surface area contributed by atoms with Gasteiger partial charge in [-0.3, -0.25) is 0 Å². The summed E-state index contributed by atoms with van der Waals surface area (Å²) in [5.41, 5.74) is 8.02. The van der Waals surface area contributed by atoms with E-state index in [2.05, 4.69) is 10.1 Å². The highest BCUT2D eigenvalue weighted by Gasteiger charge is 2.15. The van der Waals surface area contributed by atoms with Crippen molar-refractivity contribution >= 4 is 35.6 Å². The number of nitrogens with two attached hydrogens (primary N) is 1. The first-order chi connectivity index (χ1) is 9.56. The van der Waals surface area contributed by atoms with Crippen molar-refractivity contribution in [1.82, 2.24) is 14.6 Å². The van der Waals surface area contributed by atoms with Gasteiger partial charge in [0.2, 0.25) is 0 Å². The van der Waals surface area contributed by atoms with Crippen LogP contribution in [0.2, 0.25) is 5.02 Å². The zero-order valence-electron chi connectivity index (χ0n) is 10.2. The van der Waals surface area contributed by atoms with E-state index >= 15 is 0 Å². The molecule has 4 N–H and O–H groups in total. The van der Waals surface area contributed by atoms with Crippen LogP contribution in [-0.2, 0) is 0 Å². The van der Waals surface area contributed by atoms with E-state index in [-0.39, 0.29) is 0 Å². The summed E-state index contributed by atoms with van der Waals surface area (Å²) < 4.78 is 1.51. The Kier molecular flexibility index (Phi) is 3.09. The minimum atomic E-state index is -1.56. The van der Waals surface area contributed by atoms with E-state index in [0.29, 0.717) is 33.2 Å². The fraction of sp³-hybridized carbons (Fsp3) is 0. The van der Waals surface area contributed by atoms with Crippen molar-refractivity contribution in [2.45, 2.75) is 0 Å². The number of benzene rings is 1. The van der Waals surface area contributed by atoms with Gasteiger partial charge >= 0.3 is 7.12 Å². The average Bonchev–Trinajstić information content (AvgIpc) is 2.83. The second-order valence-electron chi connectivity index (χ2n) is 4.28. The third kappa shape index (κ3) is 2.11. The molecule has 20 heavy (non-hydrogen) atoms. The van der Waals surface area contributed by atoms with E-state index in [9.17, 15) is 0 Å². The van der Waals surface area contributed by atoms with Crippen molar-refractivity contribution < 1.29 is 10.0 Å². The van der Waals surface area contributed by atoms with E-state index in [0.717, 1.165) is 0 Å². The number of hydrogen-bond donors (Lipinski definition) is 3. The van der Waals surface area contributed by atoms with Crippen molar-refractivity contribution in [2.75, 3.05) is 5.73 Å². The van der Waals surface area contributed by atoms with Crippen LogP contribution in [0.3, 0.4) is 0 Å². The number of fused-ring (bicyclic) bond motifs is 1. The Bertz CT molecular complexity index is 790.